The number of aliphatic hydroxyl groups is 1. The Morgan fingerprint density at radius 2 is 1.76 bits per heavy atom. The molecule has 228 valence electrons. The van der Waals surface area contributed by atoms with Gasteiger partial charge in [0.1, 0.15) is 0 Å². The van der Waals surface area contributed by atoms with Gasteiger partial charge in [0.15, 0.2) is 5.69 Å². The molecule has 0 spiro atoms. The molecule has 3 rings (SSSR count). The highest BCUT2D eigenvalue weighted by atomic mass is 35.5. The fourth-order valence-electron chi connectivity index (χ4n) is 5.36. The first kappa shape index (κ1) is 33.1. The summed E-state index contributed by atoms with van der Waals surface area (Å²) in [6, 6.07) is -0.598. The summed E-state index contributed by atoms with van der Waals surface area (Å²) in [5.41, 5.74) is -2.49. The van der Waals surface area contributed by atoms with E-state index >= 15 is 0 Å². The summed E-state index contributed by atoms with van der Waals surface area (Å²) < 4.78 is 49.5. The van der Waals surface area contributed by atoms with Crippen LogP contribution in [0.2, 0.25) is 10.0 Å². The molecule has 0 bridgehead atoms. The van der Waals surface area contributed by atoms with E-state index in [4.69, 9.17) is 27.9 Å². The molecule has 8 nitrogen and oxygen atoms in total. The third-order valence-electron chi connectivity index (χ3n) is 7.25. The second kappa shape index (κ2) is 12.9. The van der Waals surface area contributed by atoms with Crippen molar-refractivity contribution in [2.24, 2.45) is 10.8 Å². The van der Waals surface area contributed by atoms with Gasteiger partial charge in [-0.05, 0) is 43.4 Å². The van der Waals surface area contributed by atoms with E-state index in [1.54, 1.807) is 6.92 Å². The molecule has 1 amide bonds. The third-order valence-corrected chi connectivity index (χ3v) is 7.85. The van der Waals surface area contributed by atoms with Crippen LogP contribution < -0.4 is 0 Å². The molecule has 2 aromatic heterocycles. The highest BCUT2D eigenvalue weighted by Crippen LogP contribution is 2.45. The van der Waals surface area contributed by atoms with Crippen LogP contribution in [-0.4, -0.2) is 56.3 Å². The zero-order valence-corrected chi connectivity index (χ0v) is 25.4. The van der Waals surface area contributed by atoms with Gasteiger partial charge in [-0.2, -0.15) is 18.3 Å². The fourth-order valence-corrected chi connectivity index (χ4v) is 5.98. The van der Waals surface area contributed by atoms with Gasteiger partial charge in [0.25, 0.3) is 5.91 Å². The van der Waals surface area contributed by atoms with E-state index in [0.717, 1.165) is 10.9 Å². The molecule has 41 heavy (non-hydrogen) atoms. The molecule has 0 aromatic carbocycles. The summed E-state index contributed by atoms with van der Waals surface area (Å²) in [5.74, 6) is -1.24. The number of hydrogen-bond donors (Lipinski definition) is 1. The lowest BCUT2D eigenvalue weighted by molar-refractivity contribution is -0.146. The largest absolute Gasteiger partial charge is 0.466 e. The molecule has 2 heterocycles. The maximum atomic E-state index is 14.5. The lowest BCUT2D eigenvalue weighted by Gasteiger charge is -2.37. The Morgan fingerprint density at radius 1 is 1.17 bits per heavy atom. The summed E-state index contributed by atoms with van der Waals surface area (Å²) in [7, 11) is 0. The van der Waals surface area contributed by atoms with Crippen LogP contribution in [0.25, 0.3) is 0 Å². The number of hydrogen-bond acceptors (Lipinski definition) is 6. The Bertz CT molecular complexity index is 1220. The normalized spacial score (nSPS) is 20.5. The Balaban J connectivity index is 1.91. The van der Waals surface area contributed by atoms with Crippen LogP contribution in [0.3, 0.4) is 0 Å². The Kier molecular flexibility index (Phi) is 10.4. The topological polar surface area (TPSA) is 97.6 Å². The Morgan fingerprint density at radius 3 is 2.27 bits per heavy atom. The minimum Gasteiger partial charge on any atom is -0.466 e. The molecule has 2 aromatic rings. The van der Waals surface area contributed by atoms with Crippen molar-refractivity contribution in [2.75, 3.05) is 19.7 Å². The Hall–Kier alpha value is -2.37. The number of alkyl halides is 3. The van der Waals surface area contributed by atoms with Crippen LogP contribution in [0.4, 0.5) is 13.2 Å². The summed E-state index contributed by atoms with van der Waals surface area (Å²) in [5, 5.41) is 15.2. The fraction of sp³-hybridized carbons (Fsp3) is 0.643. The van der Waals surface area contributed by atoms with Gasteiger partial charge in [0.2, 0.25) is 0 Å². The predicted molar refractivity (Wildman–Crippen MR) is 149 cm³/mol. The number of carbonyl (C=O) groups excluding carboxylic acids is 2. The number of amides is 1. The molecular weight excluding hydrogens is 584 g/mol. The number of ether oxygens (including phenoxy) is 1. The van der Waals surface area contributed by atoms with Crippen LogP contribution in [0.5, 0.6) is 0 Å². The minimum absolute atomic E-state index is 0.0430. The molecule has 0 saturated heterocycles. The van der Waals surface area contributed by atoms with Crippen molar-refractivity contribution < 1.29 is 32.6 Å². The van der Waals surface area contributed by atoms with Crippen LogP contribution in [0, 0.1) is 10.8 Å². The molecule has 1 saturated carbocycles. The molecular formula is C28H37Cl2F3N4O4. The van der Waals surface area contributed by atoms with Crippen LogP contribution in [0.1, 0.15) is 100 Å². The average Bonchev–Trinajstić information content (AvgIpc) is 3.28. The maximum absolute atomic E-state index is 14.5. The van der Waals surface area contributed by atoms with Crippen LogP contribution >= 0.6 is 23.2 Å². The third kappa shape index (κ3) is 8.35. The number of esters is 1. The van der Waals surface area contributed by atoms with Crippen LogP contribution in [0.15, 0.2) is 18.6 Å². The molecule has 1 unspecified atom stereocenters. The van der Waals surface area contributed by atoms with E-state index in [-0.39, 0.29) is 53.1 Å². The zero-order valence-electron chi connectivity index (χ0n) is 23.9. The summed E-state index contributed by atoms with van der Waals surface area (Å²) >= 11 is 12.4. The molecule has 0 aliphatic heterocycles. The lowest BCUT2D eigenvalue weighted by Crippen LogP contribution is -2.41. The van der Waals surface area contributed by atoms with E-state index in [2.05, 4.69) is 10.1 Å². The maximum Gasteiger partial charge on any atom is 0.433 e. The molecule has 1 fully saturated rings. The standard InChI is InChI=1S/C28H37Cl2F3N4O4/c1-6-41-22(39)11-27(5)9-7-17(8-10-27)37-24(28(31,32)33)18(12-35-37)25(40)36(16-26(2,3)4)15-21(38)23-19(29)13-34-14-20(23)30/h12-14,17,21,38H,6-11,15-16H2,1-5H3/t17-,21?,27-. The first-order valence-electron chi connectivity index (χ1n) is 13.5. The summed E-state index contributed by atoms with van der Waals surface area (Å²) in [6.45, 7) is 9.10. The first-order valence-corrected chi connectivity index (χ1v) is 14.3. The van der Waals surface area contributed by atoms with E-state index in [1.807, 2.05) is 27.7 Å². The molecule has 1 N–H and O–H groups in total. The van der Waals surface area contributed by atoms with Crippen molar-refractivity contribution in [3.05, 3.63) is 45.5 Å². The quantitative estimate of drug-likeness (QED) is 0.306. The monoisotopic (exact) mass is 620 g/mol. The SMILES string of the molecule is CCOC(=O)C[C@]1(C)CC[C@@H](n2ncc(C(=O)N(CC(O)c3c(Cl)cncc3Cl)CC(C)(C)C)c2C(F)(F)F)CC1. The van der Waals surface area contributed by atoms with Gasteiger partial charge >= 0.3 is 12.1 Å². The predicted octanol–water partition coefficient (Wildman–Crippen LogP) is 6.90. The van der Waals surface area contributed by atoms with Crippen molar-refractivity contribution in [1.29, 1.82) is 0 Å². The second-order valence-electron chi connectivity index (χ2n) is 12.2. The van der Waals surface area contributed by atoms with Gasteiger partial charge < -0.3 is 14.7 Å². The number of carbonyl (C=O) groups is 2. The van der Waals surface area contributed by atoms with Crippen molar-refractivity contribution >= 4 is 35.1 Å². The van der Waals surface area contributed by atoms with Crippen molar-refractivity contribution in [1.82, 2.24) is 19.7 Å². The van der Waals surface area contributed by atoms with E-state index in [1.165, 1.54) is 17.3 Å². The molecule has 1 atom stereocenters. The number of aromatic nitrogens is 3. The highest BCUT2D eigenvalue weighted by molar-refractivity contribution is 6.35. The molecule has 1 aliphatic carbocycles. The number of halogens is 5. The van der Waals surface area contributed by atoms with Crippen molar-refractivity contribution in [3.63, 3.8) is 0 Å². The Labute approximate surface area is 248 Å². The second-order valence-corrected chi connectivity index (χ2v) is 13.0. The zero-order chi connectivity index (χ0) is 30.8. The molecule has 0 radical (unpaired) electrons. The van der Waals surface area contributed by atoms with Crippen LogP contribution in [-0.2, 0) is 15.7 Å². The van der Waals surface area contributed by atoms with E-state index < -0.39 is 40.9 Å². The number of pyridine rings is 1. The minimum atomic E-state index is -4.86. The molecule has 1 aliphatic rings. The van der Waals surface area contributed by atoms with E-state index in [9.17, 15) is 27.9 Å². The first-order chi connectivity index (χ1) is 19.0. The smallest absolute Gasteiger partial charge is 0.433 e. The van der Waals surface area contributed by atoms with Gasteiger partial charge in [-0.25, -0.2) is 0 Å². The highest BCUT2D eigenvalue weighted by Gasteiger charge is 2.44. The number of aliphatic hydroxyl groups excluding tert-OH is 1. The number of rotatable bonds is 9. The lowest BCUT2D eigenvalue weighted by atomic mass is 9.72. The van der Waals surface area contributed by atoms with Gasteiger partial charge in [-0.15, -0.1) is 0 Å². The van der Waals surface area contributed by atoms with Crippen molar-refractivity contribution in [2.45, 2.75) is 85.0 Å². The summed E-state index contributed by atoms with van der Waals surface area (Å²) in [6.07, 6.45) is -0.787. The average molecular weight is 622 g/mol. The van der Waals surface area contributed by atoms with Gasteiger partial charge in [0, 0.05) is 24.5 Å². The van der Waals surface area contributed by atoms with Gasteiger partial charge in [-0.1, -0.05) is 50.9 Å². The van der Waals surface area contributed by atoms with Crippen molar-refractivity contribution in [3.8, 4) is 0 Å². The van der Waals surface area contributed by atoms with Gasteiger partial charge in [-0.3, -0.25) is 19.3 Å². The summed E-state index contributed by atoms with van der Waals surface area (Å²) in [4.78, 5) is 30.8. The number of nitrogens with zero attached hydrogens (tertiary/aromatic N) is 4. The van der Waals surface area contributed by atoms with E-state index in [0.29, 0.717) is 25.7 Å². The van der Waals surface area contributed by atoms with Gasteiger partial charge in [0.05, 0.1) is 53.5 Å². The molecule has 13 heteroatoms.